The SMILES string of the molecule is CCCCc1nc2ccc(NC(=O)CC3(CC=O)CCCC3)cc2n1Cc1ccc(-c2ccccc2OC(=O)O)cc1. The van der Waals surface area contributed by atoms with Crippen molar-refractivity contribution in [3.63, 3.8) is 0 Å². The average molecular weight is 568 g/mol. The lowest BCUT2D eigenvalue weighted by atomic mass is 9.80. The molecular formula is C34H37N3O5. The van der Waals surface area contributed by atoms with Gasteiger partial charge in [0.15, 0.2) is 0 Å². The Morgan fingerprint density at radius 3 is 2.55 bits per heavy atom. The minimum absolute atomic E-state index is 0.0573. The molecule has 42 heavy (non-hydrogen) atoms. The summed E-state index contributed by atoms with van der Waals surface area (Å²) < 4.78 is 7.18. The number of unbranched alkanes of at least 4 members (excludes halogenated alkanes) is 1. The summed E-state index contributed by atoms with van der Waals surface area (Å²) in [5.74, 6) is 1.23. The number of carbonyl (C=O) groups excluding carboxylic acids is 2. The van der Waals surface area contributed by atoms with Gasteiger partial charge in [-0.15, -0.1) is 0 Å². The van der Waals surface area contributed by atoms with Crippen molar-refractivity contribution >= 4 is 35.1 Å². The molecule has 0 spiro atoms. The van der Waals surface area contributed by atoms with Crippen molar-refractivity contribution in [2.45, 2.75) is 71.3 Å². The van der Waals surface area contributed by atoms with Gasteiger partial charge in [0, 0.05) is 37.1 Å². The number of aryl methyl sites for hydroxylation is 1. The molecule has 1 fully saturated rings. The summed E-state index contributed by atoms with van der Waals surface area (Å²) in [6.07, 6.45) is 7.29. The summed E-state index contributed by atoms with van der Waals surface area (Å²) in [6.45, 7) is 2.76. The molecule has 2 N–H and O–H groups in total. The molecule has 3 aromatic carbocycles. The normalized spacial score (nSPS) is 14.1. The molecule has 0 aliphatic heterocycles. The number of hydrogen-bond acceptors (Lipinski definition) is 5. The number of carboxylic acid groups (broad SMARTS) is 1. The highest BCUT2D eigenvalue weighted by Crippen LogP contribution is 2.43. The van der Waals surface area contributed by atoms with Gasteiger partial charge in [-0.05, 0) is 60.1 Å². The number of aromatic nitrogens is 2. The molecule has 1 aromatic heterocycles. The van der Waals surface area contributed by atoms with Crippen molar-refractivity contribution in [3.05, 3.63) is 78.1 Å². The van der Waals surface area contributed by atoms with Gasteiger partial charge in [-0.25, -0.2) is 9.78 Å². The van der Waals surface area contributed by atoms with Crippen molar-refractivity contribution < 1.29 is 24.2 Å². The van der Waals surface area contributed by atoms with E-state index in [1.54, 1.807) is 12.1 Å². The lowest BCUT2D eigenvalue weighted by molar-refractivity contribution is -0.119. The Balaban J connectivity index is 1.39. The fourth-order valence-corrected chi connectivity index (χ4v) is 6.11. The van der Waals surface area contributed by atoms with Crippen molar-refractivity contribution in [1.29, 1.82) is 0 Å². The molecule has 0 bridgehead atoms. The molecule has 0 unspecified atom stereocenters. The van der Waals surface area contributed by atoms with E-state index >= 15 is 0 Å². The first-order chi connectivity index (χ1) is 20.4. The van der Waals surface area contributed by atoms with Gasteiger partial charge in [0.2, 0.25) is 5.91 Å². The predicted molar refractivity (Wildman–Crippen MR) is 163 cm³/mol. The number of benzene rings is 3. The number of rotatable bonds is 12. The number of amides is 1. The molecule has 0 radical (unpaired) electrons. The molecule has 1 saturated carbocycles. The topological polar surface area (TPSA) is 111 Å². The van der Waals surface area contributed by atoms with Crippen LogP contribution in [0.15, 0.2) is 66.7 Å². The maximum absolute atomic E-state index is 13.0. The lowest BCUT2D eigenvalue weighted by Crippen LogP contribution is -2.25. The van der Waals surface area contributed by atoms with Gasteiger partial charge < -0.3 is 24.5 Å². The van der Waals surface area contributed by atoms with E-state index in [0.717, 1.165) is 84.9 Å². The van der Waals surface area contributed by atoms with E-state index < -0.39 is 6.16 Å². The maximum atomic E-state index is 13.0. The molecule has 4 aromatic rings. The van der Waals surface area contributed by atoms with Crippen LogP contribution in [0.4, 0.5) is 10.5 Å². The molecule has 218 valence electrons. The van der Waals surface area contributed by atoms with Crippen LogP contribution in [-0.2, 0) is 22.6 Å². The summed E-state index contributed by atoms with van der Waals surface area (Å²) in [5, 5.41) is 12.2. The Kier molecular flexibility index (Phi) is 9.00. The first-order valence-electron chi connectivity index (χ1n) is 14.7. The first kappa shape index (κ1) is 29.0. The van der Waals surface area contributed by atoms with Crippen LogP contribution in [-0.4, -0.2) is 33.0 Å². The van der Waals surface area contributed by atoms with Crippen LogP contribution < -0.4 is 10.1 Å². The quantitative estimate of drug-likeness (QED) is 0.103. The highest BCUT2D eigenvalue weighted by molar-refractivity contribution is 5.93. The molecule has 0 saturated heterocycles. The van der Waals surface area contributed by atoms with E-state index in [1.807, 2.05) is 54.6 Å². The van der Waals surface area contributed by atoms with Crippen molar-refractivity contribution in [2.75, 3.05) is 5.32 Å². The van der Waals surface area contributed by atoms with Crippen LogP contribution in [0.5, 0.6) is 5.75 Å². The molecule has 8 nitrogen and oxygen atoms in total. The van der Waals surface area contributed by atoms with Gasteiger partial charge in [-0.1, -0.05) is 68.7 Å². The third-order valence-electron chi connectivity index (χ3n) is 8.27. The van der Waals surface area contributed by atoms with Gasteiger partial charge >= 0.3 is 6.16 Å². The number of nitrogens with zero attached hydrogens (tertiary/aromatic N) is 2. The molecule has 1 amide bonds. The van der Waals surface area contributed by atoms with Gasteiger partial charge in [0.1, 0.15) is 17.9 Å². The minimum atomic E-state index is -1.35. The largest absolute Gasteiger partial charge is 0.511 e. The van der Waals surface area contributed by atoms with Crippen molar-refractivity contribution in [3.8, 4) is 16.9 Å². The number of nitrogens with one attached hydrogen (secondary N) is 1. The Morgan fingerprint density at radius 1 is 1.07 bits per heavy atom. The molecule has 1 heterocycles. The number of anilines is 1. The number of imidazole rings is 1. The second-order valence-corrected chi connectivity index (χ2v) is 11.3. The van der Waals surface area contributed by atoms with Gasteiger partial charge in [0.05, 0.1) is 11.0 Å². The Morgan fingerprint density at radius 2 is 1.83 bits per heavy atom. The molecular weight excluding hydrogens is 530 g/mol. The monoisotopic (exact) mass is 567 g/mol. The van der Waals surface area contributed by atoms with Crippen LogP contribution in [0.3, 0.4) is 0 Å². The number of para-hydroxylation sites is 1. The number of aldehydes is 1. The van der Waals surface area contributed by atoms with Crippen LogP contribution in [0.2, 0.25) is 0 Å². The minimum Gasteiger partial charge on any atom is -0.449 e. The zero-order valence-corrected chi connectivity index (χ0v) is 24.0. The number of ether oxygens (including phenoxy) is 1. The molecule has 8 heteroatoms. The molecule has 0 atom stereocenters. The number of fused-ring (bicyclic) bond motifs is 1. The van der Waals surface area contributed by atoms with Crippen LogP contribution in [0, 0.1) is 5.41 Å². The van der Waals surface area contributed by atoms with E-state index in [0.29, 0.717) is 30.7 Å². The smallest absolute Gasteiger partial charge is 0.449 e. The van der Waals surface area contributed by atoms with E-state index in [4.69, 9.17) is 14.8 Å². The molecule has 5 rings (SSSR count). The zero-order valence-electron chi connectivity index (χ0n) is 24.0. The van der Waals surface area contributed by atoms with Crippen molar-refractivity contribution in [2.24, 2.45) is 5.41 Å². The predicted octanol–water partition coefficient (Wildman–Crippen LogP) is 7.63. The highest BCUT2D eigenvalue weighted by Gasteiger charge is 2.35. The third-order valence-corrected chi connectivity index (χ3v) is 8.27. The van der Waals surface area contributed by atoms with E-state index in [1.165, 1.54) is 0 Å². The van der Waals surface area contributed by atoms with Gasteiger partial charge in [0.25, 0.3) is 0 Å². The zero-order chi connectivity index (χ0) is 29.5. The van der Waals surface area contributed by atoms with Crippen LogP contribution in [0.25, 0.3) is 22.2 Å². The highest BCUT2D eigenvalue weighted by atomic mass is 16.7. The van der Waals surface area contributed by atoms with E-state index in [2.05, 4.69) is 16.8 Å². The molecule has 1 aliphatic rings. The Hall–Kier alpha value is -4.46. The summed E-state index contributed by atoms with van der Waals surface area (Å²) in [5.41, 5.74) is 4.97. The standard InChI is InChI=1S/C34H37N3O5/c1-2-3-10-31-36-28-16-15-26(35-32(39)22-34(19-20-38)17-6-7-18-34)21-29(28)37(31)23-24-11-13-25(14-12-24)27-8-4-5-9-30(27)42-33(40)41/h4-5,8-9,11-16,20-21H,2-3,6-7,10,17-19,22-23H2,1H3,(H,35,39)(H,40,41). The lowest BCUT2D eigenvalue weighted by Gasteiger charge is -2.25. The number of carbonyl (C=O) groups is 3. The fourth-order valence-electron chi connectivity index (χ4n) is 6.11. The number of hydrogen-bond donors (Lipinski definition) is 2. The third kappa shape index (κ3) is 6.70. The van der Waals surface area contributed by atoms with E-state index in [-0.39, 0.29) is 11.3 Å². The van der Waals surface area contributed by atoms with Crippen molar-refractivity contribution in [1.82, 2.24) is 9.55 Å². The average Bonchev–Trinajstić information content (AvgIpc) is 3.56. The Labute approximate surface area is 245 Å². The molecule has 1 aliphatic carbocycles. The summed E-state index contributed by atoms with van der Waals surface area (Å²) in [7, 11) is 0. The summed E-state index contributed by atoms with van der Waals surface area (Å²) in [4.78, 5) is 40.4. The summed E-state index contributed by atoms with van der Waals surface area (Å²) in [6, 6.07) is 20.9. The fraction of sp³-hybridized carbons (Fsp3) is 0.353. The van der Waals surface area contributed by atoms with Crippen LogP contribution in [0.1, 0.15) is 69.7 Å². The first-order valence-corrected chi connectivity index (χ1v) is 14.7. The van der Waals surface area contributed by atoms with Crippen LogP contribution >= 0.6 is 0 Å². The second-order valence-electron chi connectivity index (χ2n) is 11.3. The van der Waals surface area contributed by atoms with Gasteiger partial charge in [-0.3, -0.25) is 4.79 Å². The summed E-state index contributed by atoms with van der Waals surface area (Å²) >= 11 is 0. The van der Waals surface area contributed by atoms with Gasteiger partial charge in [-0.2, -0.15) is 0 Å². The second kappa shape index (κ2) is 13.0. The maximum Gasteiger partial charge on any atom is 0.511 e. The Bertz CT molecular complexity index is 1570. The van der Waals surface area contributed by atoms with E-state index in [9.17, 15) is 14.4 Å².